The van der Waals surface area contributed by atoms with E-state index in [1.807, 2.05) is 84.4 Å². The Balaban J connectivity index is 1.33. The van der Waals surface area contributed by atoms with E-state index in [4.69, 9.17) is 15.6 Å². The van der Waals surface area contributed by atoms with Crippen LogP contribution in [-0.4, -0.2) is 82.3 Å². The van der Waals surface area contributed by atoms with Crippen molar-refractivity contribution in [1.82, 2.24) is 34.9 Å². The fourth-order valence-electron chi connectivity index (χ4n) is 4.87. The lowest BCUT2D eigenvalue weighted by molar-refractivity contribution is -0.127. The van der Waals surface area contributed by atoms with Gasteiger partial charge in [-0.15, -0.1) is 0 Å². The molecule has 2 aromatic carbocycles. The van der Waals surface area contributed by atoms with Crippen molar-refractivity contribution in [1.29, 1.82) is 0 Å². The van der Waals surface area contributed by atoms with Crippen molar-refractivity contribution in [3.05, 3.63) is 73.1 Å². The fraction of sp³-hybridized carbons (Fsp3) is 0.333. The summed E-state index contributed by atoms with van der Waals surface area (Å²) in [6.07, 6.45) is 6.80. The molecule has 0 bridgehead atoms. The van der Waals surface area contributed by atoms with E-state index in [0.29, 0.717) is 35.6 Å². The first-order chi connectivity index (χ1) is 19.5. The average molecular weight is 541 g/mol. The van der Waals surface area contributed by atoms with Crippen molar-refractivity contribution in [2.45, 2.75) is 18.9 Å². The Morgan fingerprint density at radius 2 is 1.90 bits per heavy atom. The SMILES string of the molecule is CN(C)CCNC/C=C/C(=O)N1CCCC(n2nc(-c3ccc(Oc4ccccc4)cc3)c3c(N)ncnc32)C1. The molecule has 3 N–H and O–H groups in total. The van der Waals surface area contributed by atoms with Crippen LogP contribution in [0.3, 0.4) is 0 Å². The van der Waals surface area contributed by atoms with Crippen LogP contribution in [0.15, 0.2) is 73.1 Å². The molecule has 1 atom stereocenters. The molecule has 0 aliphatic carbocycles. The molecule has 2 aromatic heterocycles. The molecule has 10 heteroatoms. The van der Waals surface area contributed by atoms with Crippen LogP contribution in [0, 0.1) is 0 Å². The number of likely N-dealkylation sites (N-methyl/N-ethyl adjacent to an activating group) is 1. The van der Waals surface area contributed by atoms with E-state index in [-0.39, 0.29) is 11.9 Å². The quantitative estimate of drug-likeness (QED) is 0.231. The standard InChI is InChI=1S/C30H36N8O2/c1-36(2)19-17-32-16-6-11-26(39)37-18-7-8-23(20-37)38-30-27(29(31)33-21-34-30)28(35-38)22-12-14-25(15-13-22)40-24-9-4-3-5-10-24/h3-6,9-15,21,23,32H,7-8,16-20H2,1-2H3,(H2,31,33,34)/b11-6+. The number of likely N-dealkylation sites (tertiary alicyclic amines) is 1. The smallest absolute Gasteiger partial charge is 0.246 e. The van der Waals surface area contributed by atoms with Crippen LogP contribution in [0.1, 0.15) is 18.9 Å². The topological polar surface area (TPSA) is 114 Å². The van der Waals surface area contributed by atoms with Gasteiger partial charge < -0.3 is 25.6 Å². The van der Waals surface area contributed by atoms with Crippen LogP contribution < -0.4 is 15.8 Å². The second-order valence-electron chi connectivity index (χ2n) is 10.2. The van der Waals surface area contributed by atoms with Crippen LogP contribution in [0.25, 0.3) is 22.3 Å². The molecular formula is C30H36N8O2. The lowest BCUT2D eigenvalue weighted by Gasteiger charge is -2.32. The molecular weight excluding hydrogens is 504 g/mol. The summed E-state index contributed by atoms with van der Waals surface area (Å²) in [7, 11) is 4.08. The number of nitrogens with one attached hydrogen (secondary N) is 1. The number of hydrogen-bond donors (Lipinski definition) is 2. The number of amides is 1. The third-order valence-electron chi connectivity index (χ3n) is 6.94. The second-order valence-corrected chi connectivity index (χ2v) is 10.2. The minimum atomic E-state index is -0.0180. The first-order valence-corrected chi connectivity index (χ1v) is 13.6. The highest BCUT2D eigenvalue weighted by molar-refractivity contribution is 5.98. The van der Waals surface area contributed by atoms with E-state index in [1.165, 1.54) is 6.33 Å². The summed E-state index contributed by atoms with van der Waals surface area (Å²) >= 11 is 0. The maximum absolute atomic E-state index is 12.9. The first-order valence-electron chi connectivity index (χ1n) is 13.6. The van der Waals surface area contributed by atoms with Crippen LogP contribution in [-0.2, 0) is 4.79 Å². The first kappa shape index (κ1) is 27.3. The van der Waals surface area contributed by atoms with Crippen molar-refractivity contribution < 1.29 is 9.53 Å². The number of nitrogens with two attached hydrogens (primary N) is 1. The van der Waals surface area contributed by atoms with Gasteiger partial charge in [-0.2, -0.15) is 5.10 Å². The van der Waals surface area contributed by atoms with Gasteiger partial charge in [0.2, 0.25) is 5.91 Å². The van der Waals surface area contributed by atoms with Crippen LogP contribution in [0.5, 0.6) is 11.5 Å². The van der Waals surface area contributed by atoms with Crippen LogP contribution >= 0.6 is 0 Å². The molecule has 3 heterocycles. The number of piperidine rings is 1. The molecule has 1 aliphatic rings. The number of benzene rings is 2. The summed E-state index contributed by atoms with van der Waals surface area (Å²) in [5.74, 6) is 1.89. The van der Waals surface area contributed by atoms with Crippen molar-refractivity contribution in [3.8, 4) is 22.8 Å². The number of aromatic nitrogens is 4. The molecule has 40 heavy (non-hydrogen) atoms. The zero-order valence-corrected chi connectivity index (χ0v) is 23.0. The number of para-hydroxylation sites is 1. The van der Waals surface area contributed by atoms with E-state index >= 15 is 0 Å². The van der Waals surface area contributed by atoms with Gasteiger partial charge in [-0.25, -0.2) is 14.6 Å². The highest BCUT2D eigenvalue weighted by Gasteiger charge is 2.28. The van der Waals surface area contributed by atoms with E-state index in [2.05, 4.69) is 20.2 Å². The van der Waals surface area contributed by atoms with E-state index in [1.54, 1.807) is 6.08 Å². The molecule has 1 aliphatic heterocycles. The number of carbonyl (C=O) groups is 1. The van der Waals surface area contributed by atoms with Gasteiger partial charge in [0.25, 0.3) is 0 Å². The zero-order valence-electron chi connectivity index (χ0n) is 23.0. The van der Waals surface area contributed by atoms with Gasteiger partial charge in [0.05, 0.1) is 11.4 Å². The summed E-state index contributed by atoms with van der Waals surface area (Å²) < 4.78 is 7.87. The largest absolute Gasteiger partial charge is 0.457 e. The number of fused-ring (bicyclic) bond motifs is 1. The van der Waals surface area contributed by atoms with Crippen molar-refractivity contribution >= 4 is 22.8 Å². The number of hydrogen-bond acceptors (Lipinski definition) is 8. The zero-order chi connectivity index (χ0) is 27.9. The normalized spacial score (nSPS) is 15.8. The average Bonchev–Trinajstić information content (AvgIpc) is 3.37. The maximum Gasteiger partial charge on any atom is 0.246 e. The second kappa shape index (κ2) is 12.7. The molecule has 1 fully saturated rings. The fourth-order valence-corrected chi connectivity index (χ4v) is 4.87. The third kappa shape index (κ3) is 6.47. The van der Waals surface area contributed by atoms with Gasteiger partial charge >= 0.3 is 0 Å². The van der Waals surface area contributed by atoms with E-state index in [9.17, 15) is 4.79 Å². The van der Waals surface area contributed by atoms with Gasteiger partial charge in [-0.3, -0.25) is 4.79 Å². The highest BCUT2D eigenvalue weighted by atomic mass is 16.5. The van der Waals surface area contributed by atoms with E-state index in [0.717, 1.165) is 49.5 Å². The summed E-state index contributed by atoms with van der Waals surface area (Å²) in [6, 6.07) is 17.4. The van der Waals surface area contributed by atoms with Gasteiger partial charge in [0.1, 0.15) is 29.3 Å². The molecule has 1 unspecified atom stereocenters. The molecule has 0 saturated carbocycles. The minimum Gasteiger partial charge on any atom is -0.457 e. The Morgan fingerprint density at radius 3 is 2.67 bits per heavy atom. The number of carbonyl (C=O) groups excluding carboxylic acids is 1. The number of anilines is 1. The van der Waals surface area contributed by atoms with Crippen LogP contribution in [0.4, 0.5) is 5.82 Å². The van der Waals surface area contributed by atoms with Crippen molar-refractivity contribution in [2.75, 3.05) is 52.6 Å². The summed E-state index contributed by atoms with van der Waals surface area (Å²) in [4.78, 5) is 25.7. The number of nitrogens with zero attached hydrogens (tertiary/aromatic N) is 6. The van der Waals surface area contributed by atoms with Gasteiger partial charge in [0.15, 0.2) is 5.65 Å². The van der Waals surface area contributed by atoms with Gasteiger partial charge in [-0.05, 0) is 63.3 Å². The summed E-state index contributed by atoms with van der Waals surface area (Å²) in [5, 5.41) is 9.02. The Hall–Kier alpha value is -4.28. The molecule has 208 valence electrons. The third-order valence-corrected chi connectivity index (χ3v) is 6.94. The Bertz CT molecular complexity index is 1450. The molecule has 4 aromatic rings. The number of ether oxygens (including phenoxy) is 1. The minimum absolute atomic E-state index is 0.0129. The molecule has 0 spiro atoms. The maximum atomic E-state index is 12.9. The predicted octanol–water partition coefficient (Wildman–Crippen LogP) is 3.74. The Morgan fingerprint density at radius 1 is 1.12 bits per heavy atom. The molecule has 0 radical (unpaired) electrons. The van der Waals surface area contributed by atoms with E-state index < -0.39 is 0 Å². The molecule has 1 amide bonds. The lowest BCUT2D eigenvalue weighted by atomic mass is 10.1. The monoisotopic (exact) mass is 540 g/mol. The van der Waals surface area contributed by atoms with Gasteiger partial charge in [-0.1, -0.05) is 24.3 Å². The summed E-state index contributed by atoms with van der Waals surface area (Å²) in [5.41, 5.74) is 8.62. The lowest BCUT2D eigenvalue weighted by Crippen LogP contribution is -2.40. The number of nitrogen functional groups attached to an aromatic ring is 1. The molecule has 5 rings (SSSR count). The molecule has 10 nitrogen and oxygen atoms in total. The van der Waals surface area contributed by atoms with Gasteiger partial charge in [0, 0.05) is 44.4 Å². The number of rotatable bonds is 10. The molecule has 1 saturated heterocycles. The Kier molecular flexibility index (Phi) is 8.68. The Labute approximate surface area is 234 Å². The van der Waals surface area contributed by atoms with Crippen molar-refractivity contribution in [3.63, 3.8) is 0 Å². The highest BCUT2D eigenvalue weighted by Crippen LogP contribution is 2.34. The predicted molar refractivity (Wildman–Crippen MR) is 157 cm³/mol. The summed E-state index contributed by atoms with van der Waals surface area (Å²) in [6.45, 7) is 3.77. The van der Waals surface area contributed by atoms with Crippen LogP contribution in [0.2, 0.25) is 0 Å². The van der Waals surface area contributed by atoms with Crippen molar-refractivity contribution in [2.24, 2.45) is 0 Å².